The summed E-state index contributed by atoms with van der Waals surface area (Å²) < 4.78 is 192. The van der Waals surface area contributed by atoms with Gasteiger partial charge in [-0.15, -0.1) is 59.1 Å². The van der Waals surface area contributed by atoms with Gasteiger partial charge in [-0.25, -0.2) is 4.79 Å². The number of nitrogens with two attached hydrogens (primary N) is 1. The Morgan fingerprint density at radius 2 is 0.783 bits per heavy atom. The average Bonchev–Trinajstić information content (AvgIpc) is 0.808. The van der Waals surface area contributed by atoms with Crippen LogP contribution in [0, 0.1) is 63.7 Å². The van der Waals surface area contributed by atoms with Crippen molar-refractivity contribution in [3.63, 3.8) is 0 Å². The quantitative estimate of drug-likeness (QED) is 0.0307. The molecule has 5 aliphatic heterocycles. The largest absolute Gasteiger partial charge is 0.573 e. The Morgan fingerprint density at radius 1 is 0.467 bits per heavy atom. The van der Waals surface area contributed by atoms with Gasteiger partial charge in [0, 0.05) is 63.1 Å². The summed E-state index contributed by atoms with van der Waals surface area (Å²) in [6.07, 6.45) is -18.3. The number of nitrogens with zero attached hydrogens (tertiary/aromatic N) is 1. The molecule has 0 spiro atoms. The fraction of sp³-hybridized carbons (Fsp3) is 0.284. The van der Waals surface area contributed by atoms with Gasteiger partial charge >= 0.3 is 31.4 Å². The van der Waals surface area contributed by atoms with Gasteiger partial charge in [-0.2, -0.15) is 0 Å². The minimum Gasteiger partial charge on any atom is -0.478 e. The second-order valence-corrected chi connectivity index (χ2v) is 27.4. The van der Waals surface area contributed by atoms with Crippen molar-refractivity contribution >= 4 is 101 Å². The molecule has 1 saturated heterocycles. The second-order valence-electron chi connectivity index (χ2n) is 25.7. The highest BCUT2D eigenvalue weighted by atomic mass is 79.9. The number of anilines is 8. The second kappa shape index (κ2) is 42.9. The van der Waals surface area contributed by atoms with E-state index in [4.69, 9.17) is 44.7 Å². The number of halogens is 14. The molecule has 0 radical (unpaired) electrons. The number of fused-ring (bicyclic) bond motifs is 4. The van der Waals surface area contributed by atoms with E-state index in [0.717, 1.165) is 80.8 Å². The van der Waals surface area contributed by atoms with Crippen molar-refractivity contribution in [2.75, 3.05) is 115 Å². The number of nitrogens with one attached hydrogen (secondary N) is 7. The van der Waals surface area contributed by atoms with E-state index in [2.05, 4.69) is 123 Å². The van der Waals surface area contributed by atoms with Crippen LogP contribution in [0.25, 0.3) is 0 Å². The zero-order valence-electron chi connectivity index (χ0n) is 63.5. The molecule has 13 rings (SSSR count). The van der Waals surface area contributed by atoms with Crippen LogP contribution in [0.3, 0.4) is 0 Å². The first-order valence-electron chi connectivity index (χ1n) is 35.5. The predicted molar refractivity (Wildman–Crippen MR) is 426 cm³/mol. The fourth-order valence-electron chi connectivity index (χ4n) is 10.8. The number of hydrogen-bond acceptors (Lipinski definition) is 21. The number of carbonyl (C=O) groups is 4. The lowest BCUT2D eigenvalue weighted by molar-refractivity contribution is -0.275. The first-order valence-corrected chi connectivity index (χ1v) is 37.1. The average molecular weight is 1820 g/mol. The number of aryl methyl sites for hydroxylation is 4. The van der Waals surface area contributed by atoms with Gasteiger partial charge in [0.2, 0.25) is 6.10 Å². The number of alkyl halides is 12. The van der Waals surface area contributed by atoms with Gasteiger partial charge in [-0.1, -0.05) is 53.9 Å². The van der Waals surface area contributed by atoms with E-state index < -0.39 is 73.4 Å². The van der Waals surface area contributed by atoms with E-state index in [1.165, 1.54) is 42.0 Å². The molecular weight excluding hydrogens is 1740 g/mol. The fourth-order valence-corrected chi connectivity index (χ4v) is 11.9. The van der Waals surface area contributed by atoms with Gasteiger partial charge in [-0.05, 0) is 179 Å². The zero-order valence-corrected chi connectivity index (χ0v) is 66.7. The summed E-state index contributed by atoms with van der Waals surface area (Å²) in [4.78, 5) is 50.7. The van der Waals surface area contributed by atoms with Crippen LogP contribution in [0.5, 0.6) is 46.0 Å². The van der Waals surface area contributed by atoms with Crippen LogP contribution < -0.4 is 80.8 Å². The number of carboxylic acid groups (broad SMARTS) is 1. The summed E-state index contributed by atoms with van der Waals surface area (Å²) in [5.74, 6) is 10.7. The normalized spacial score (nSPS) is 15.9. The smallest absolute Gasteiger partial charge is 0.478 e. The third-order valence-electron chi connectivity index (χ3n) is 16.3. The predicted octanol–water partition coefficient (Wildman–Crippen LogP) is 14.7. The molecule has 0 saturated carbocycles. The number of ether oxygens (including phenoxy) is 9. The molecule has 25 nitrogen and oxygen atoms in total. The number of terminal acetylenes is 1. The highest BCUT2D eigenvalue weighted by Gasteiger charge is 2.37. The SMILES string of the molecule is C#CCO.Cc1ccc(N)c(Br)c1.Cc1ccc(NC(=O)C2CNc3cc(OC(F)(F)F)ccc3O2)c(Br)c1.Cc1ccc(NC(=O)C2CNc3cc(OC(F)(F)F)ccc3O2)c(C#CCN2CCOCC2)c1.Cc1ccc(NC(=O)C2CNc3cc(OC(F)(F)F)ccc3O2)c(C#CCO)c1.O=C(O)C1CNc2cc(OC(F)(F)F)ccc2O1. The molecule has 0 bridgehead atoms. The number of hydrogen-bond donors (Lipinski definition) is 11. The number of amides is 3. The molecule has 39 heteroatoms. The highest BCUT2D eigenvalue weighted by Crippen LogP contribution is 2.40. The molecule has 12 N–H and O–H groups in total. The molecule has 8 aromatic carbocycles. The van der Waals surface area contributed by atoms with Crippen LogP contribution >= 0.6 is 31.9 Å². The molecular formula is C81H75Br2F12N9O16. The number of nitrogen functional groups attached to an aromatic ring is 1. The Hall–Kier alpha value is -12.3. The first-order chi connectivity index (χ1) is 56.7. The minimum atomic E-state index is -4.79. The monoisotopic (exact) mass is 1820 g/mol. The molecule has 5 heterocycles. The van der Waals surface area contributed by atoms with E-state index in [-0.39, 0.29) is 91.2 Å². The van der Waals surface area contributed by atoms with Crippen LogP contribution in [0.2, 0.25) is 0 Å². The molecule has 1 fully saturated rings. The Labute approximate surface area is 695 Å². The molecule has 8 aromatic rings. The number of carbonyl (C=O) groups excluding carboxylic acids is 3. The Balaban J connectivity index is 0.000000192. The first kappa shape index (κ1) is 93.2. The number of rotatable bonds is 12. The lowest BCUT2D eigenvalue weighted by atomic mass is 10.1. The van der Waals surface area contributed by atoms with Gasteiger partial charge in [0.15, 0.2) is 18.3 Å². The maximum Gasteiger partial charge on any atom is 0.573 e. The highest BCUT2D eigenvalue weighted by molar-refractivity contribution is 9.11. The number of aliphatic hydroxyl groups is 2. The van der Waals surface area contributed by atoms with Crippen molar-refractivity contribution in [3.8, 4) is 82.0 Å². The van der Waals surface area contributed by atoms with Crippen LogP contribution in [0.15, 0.2) is 155 Å². The molecule has 5 aliphatic rings. The molecule has 638 valence electrons. The summed E-state index contributed by atoms with van der Waals surface area (Å²) in [5, 5.41) is 44.9. The maximum atomic E-state index is 12.9. The maximum absolute atomic E-state index is 12.9. The van der Waals surface area contributed by atoms with Crippen molar-refractivity contribution in [1.29, 1.82) is 0 Å². The van der Waals surface area contributed by atoms with E-state index in [1.807, 2.05) is 76.1 Å². The molecule has 3 amide bonds. The third kappa shape index (κ3) is 30.6. The van der Waals surface area contributed by atoms with Crippen LogP contribution in [0.1, 0.15) is 33.4 Å². The molecule has 4 atom stereocenters. The summed E-state index contributed by atoms with van der Waals surface area (Å²) in [5.41, 5.74) is 14.6. The van der Waals surface area contributed by atoms with Gasteiger partial charge < -0.3 is 101 Å². The third-order valence-corrected chi connectivity index (χ3v) is 17.6. The number of carboxylic acids is 1. The van der Waals surface area contributed by atoms with E-state index in [9.17, 15) is 71.9 Å². The molecule has 120 heavy (non-hydrogen) atoms. The van der Waals surface area contributed by atoms with Crippen LogP contribution in [-0.4, -0.2) is 166 Å². The van der Waals surface area contributed by atoms with Crippen molar-refractivity contribution in [3.05, 3.63) is 188 Å². The zero-order chi connectivity index (χ0) is 87.7. The van der Waals surface area contributed by atoms with Gasteiger partial charge in [0.1, 0.15) is 59.2 Å². The van der Waals surface area contributed by atoms with Gasteiger partial charge in [0.05, 0.1) is 85.7 Å². The lowest BCUT2D eigenvalue weighted by Crippen LogP contribution is -2.41. The van der Waals surface area contributed by atoms with Crippen LogP contribution in [-0.2, 0) is 23.9 Å². The Kier molecular flexibility index (Phi) is 33.3. The van der Waals surface area contributed by atoms with E-state index in [0.29, 0.717) is 65.0 Å². The summed E-state index contributed by atoms with van der Waals surface area (Å²) in [6, 6.07) is 36.4. The standard InChI is InChI=1S/C24H24F3N3O4.C20H17F3N2O4.C17H14BrF3N2O3.C10H8F3NO4.C7H8BrN.C3H4O/c1-16-4-6-19(17(13-16)3-2-8-30-9-11-32-12-10-30)29-23(31)22-15-28-20-14-18(34-24(25,26)27)5-7-21(20)33-22;1-12-4-6-15(13(9-12)3-2-8-26)25-19(27)18-11-24-16-10-14(29-20(21,22)23)5-7-17(16)28-18;1-9-2-4-12(11(18)6-9)23-16(24)15-8-22-13-7-10(26-17(19,20)21)3-5-14(13)25-15;11-10(12,13)18-5-1-2-7-6(3-5)14-4-8(17-7)9(15)16;1-5-2-3-7(9)6(8)4-5;1-2-3-4/h4-7,13-14,22,28H,8-12,15H2,1H3,(H,29,31);4-7,9-10,18,24,26H,8,11H2,1H3,(H,25,27);2-7,15,22H,8H2,1H3,(H,23,24);1-3,8,14H,4H2,(H,15,16);2-4H,9H2,1H3;1,4H,3H2. The lowest BCUT2D eigenvalue weighted by Gasteiger charge is -2.27. The summed E-state index contributed by atoms with van der Waals surface area (Å²) >= 11 is 6.70. The van der Waals surface area contributed by atoms with Crippen molar-refractivity contribution < 1.29 is 130 Å². The van der Waals surface area contributed by atoms with E-state index in [1.54, 1.807) is 30.3 Å². The topological polar surface area (TPSA) is 326 Å². The van der Waals surface area contributed by atoms with Crippen LogP contribution in [0.4, 0.5) is 98.2 Å². The van der Waals surface area contributed by atoms with Crippen molar-refractivity contribution in [1.82, 2.24) is 4.90 Å². The van der Waals surface area contributed by atoms with Crippen molar-refractivity contribution in [2.24, 2.45) is 0 Å². The summed E-state index contributed by atoms with van der Waals surface area (Å²) in [7, 11) is 0. The number of morpholine rings is 1. The number of aliphatic hydroxyl groups excluding tert-OH is 2. The number of benzene rings is 8. The minimum absolute atomic E-state index is 0.0300. The van der Waals surface area contributed by atoms with Crippen molar-refractivity contribution in [2.45, 2.75) is 77.6 Å². The Morgan fingerprint density at radius 3 is 1.11 bits per heavy atom. The number of aliphatic carboxylic acids is 1. The van der Waals surface area contributed by atoms with Gasteiger partial charge in [-0.3, -0.25) is 19.3 Å². The Bertz CT molecular complexity index is 5110. The van der Waals surface area contributed by atoms with Gasteiger partial charge in [0.25, 0.3) is 17.7 Å². The molecule has 0 aromatic heterocycles. The van der Waals surface area contributed by atoms with E-state index >= 15 is 0 Å². The molecule has 0 aliphatic carbocycles. The molecule has 4 unspecified atom stereocenters. The summed E-state index contributed by atoms with van der Waals surface area (Å²) in [6.45, 7) is 11.2.